The molecule has 2 heterocycles. The van der Waals surface area contributed by atoms with Crippen molar-refractivity contribution >= 4 is 0 Å². The van der Waals surface area contributed by atoms with Gasteiger partial charge in [-0.1, -0.05) is 6.07 Å². The summed E-state index contributed by atoms with van der Waals surface area (Å²) in [5, 5.41) is 3.33. The molecule has 0 aliphatic carbocycles. The van der Waals surface area contributed by atoms with Crippen LogP contribution in [0.15, 0.2) is 34.0 Å². The monoisotopic (exact) mass is 376 g/mol. The highest BCUT2D eigenvalue weighted by Gasteiger charge is 2.24. The number of nitrogens with zero attached hydrogens (tertiary/aromatic N) is 3. The van der Waals surface area contributed by atoms with Gasteiger partial charge in [0.15, 0.2) is 11.6 Å². The molecule has 1 aromatic carbocycles. The summed E-state index contributed by atoms with van der Waals surface area (Å²) < 4.78 is 21.6. The molecule has 1 fully saturated rings. The summed E-state index contributed by atoms with van der Waals surface area (Å²) in [6.45, 7) is 2.61. The standard InChI is InChI=1S/C19H25FN4O3/c1-22-11-14(18(25)23(2)19(22)26)12-24(15-6-7-21-9-15)10-13-4-5-17(27-3)16(20)8-13/h4-5,8,11,15,21H,6-7,9-10,12H2,1-3H3/t15-/m1/s1. The summed E-state index contributed by atoms with van der Waals surface area (Å²) in [6, 6.07) is 5.14. The van der Waals surface area contributed by atoms with Crippen LogP contribution in [0.1, 0.15) is 17.5 Å². The molecule has 27 heavy (non-hydrogen) atoms. The van der Waals surface area contributed by atoms with Crippen molar-refractivity contribution in [1.29, 1.82) is 0 Å². The number of hydrogen-bond donors (Lipinski definition) is 1. The minimum Gasteiger partial charge on any atom is -0.494 e. The fourth-order valence-corrected chi connectivity index (χ4v) is 3.52. The first-order valence-electron chi connectivity index (χ1n) is 8.93. The van der Waals surface area contributed by atoms with E-state index >= 15 is 0 Å². The summed E-state index contributed by atoms with van der Waals surface area (Å²) in [7, 11) is 4.55. The van der Waals surface area contributed by atoms with Crippen molar-refractivity contribution < 1.29 is 9.13 Å². The van der Waals surface area contributed by atoms with Gasteiger partial charge in [0.2, 0.25) is 0 Å². The second-order valence-electron chi connectivity index (χ2n) is 6.93. The Kier molecular flexibility index (Phi) is 5.76. The fourth-order valence-electron chi connectivity index (χ4n) is 3.52. The lowest BCUT2D eigenvalue weighted by Gasteiger charge is -2.28. The van der Waals surface area contributed by atoms with Gasteiger partial charge < -0.3 is 14.6 Å². The van der Waals surface area contributed by atoms with Crippen LogP contribution in [-0.2, 0) is 27.2 Å². The van der Waals surface area contributed by atoms with Crippen molar-refractivity contribution in [2.45, 2.75) is 25.6 Å². The van der Waals surface area contributed by atoms with Crippen molar-refractivity contribution in [3.05, 3.63) is 62.2 Å². The molecule has 3 rings (SSSR count). The van der Waals surface area contributed by atoms with Crippen molar-refractivity contribution in [3.63, 3.8) is 0 Å². The predicted octanol–water partition coefficient (Wildman–Crippen LogP) is 0.596. The van der Waals surface area contributed by atoms with E-state index in [1.807, 2.05) is 6.07 Å². The topological polar surface area (TPSA) is 68.5 Å². The number of halogens is 1. The smallest absolute Gasteiger partial charge is 0.330 e. The largest absolute Gasteiger partial charge is 0.494 e. The first kappa shape index (κ1) is 19.3. The van der Waals surface area contributed by atoms with Crippen LogP contribution < -0.4 is 21.3 Å². The molecule has 0 saturated carbocycles. The maximum Gasteiger partial charge on any atom is 0.330 e. The third kappa shape index (κ3) is 4.12. The molecule has 146 valence electrons. The van der Waals surface area contributed by atoms with Crippen molar-refractivity contribution in [2.75, 3.05) is 20.2 Å². The third-order valence-corrected chi connectivity index (χ3v) is 5.04. The minimum absolute atomic E-state index is 0.208. The van der Waals surface area contributed by atoms with Gasteiger partial charge in [-0.2, -0.15) is 0 Å². The molecular formula is C19H25FN4O3. The first-order chi connectivity index (χ1) is 12.9. The minimum atomic E-state index is -0.405. The Bertz CT molecular complexity index is 932. The summed E-state index contributed by atoms with van der Waals surface area (Å²) in [5.41, 5.74) is 0.701. The molecule has 2 aromatic rings. The second kappa shape index (κ2) is 8.06. The van der Waals surface area contributed by atoms with E-state index in [2.05, 4.69) is 10.2 Å². The summed E-state index contributed by atoms with van der Waals surface area (Å²) in [6.07, 6.45) is 2.54. The van der Waals surface area contributed by atoms with Crippen molar-refractivity contribution in [2.24, 2.45) is 14.1 Å². The second-order valence-corrected chi connectivity index (χ2v) is 6.93. The lowest BCUT2D eigenvalue weighted by Crippen LogP contribution is -2.42. The van der Waals surface area contributed by atoms with Crippen LogP contribution in [0, 0.1) is 5.82 Å². The van der Waals surface area contributed by atoms with E-state index < -0.39 is 5.82 Å². The van der Waals surface area contributed by atoms with Crippen LogP contribution in [0.4, 0.5) is 4.39 Å². The zero-order chi connectivity index (χ0) is 19.6. The predicted molar refractivity (Wildman–Crippen MR) is 100 cm³/mol. The van der Waals surface area contributed by atoms with Gasteiger partial charge >= 0.3 is 5.69 Å². The molecule has 7 nitrogen and oxygen atoms in total. The van der Waals surface area contributed by atoms with Crippen LogP contribution in [0.3, 0.4) is 0 Å². The zero-order valence-corrected chi connectivity index (χ0v) is 15.9. The van der Waals surface area contributed by atoms with E-state index in [1.165, 1.54) is 24.8 Å². The average molecular weight is 376 g/mol. The van der Waals surface area contributed by atoms with Crippen molar-refractivity contribution in [3.8, 4) is 5.75 Å². The van der Waals surface area contributed by atoms with E-state index in [-0.39, 0.29) is 23.0 Å². The Hall–Kier alpha value is -2.45. The maximum absolute atomic E-state index is 14.1. The molecule has 1 saturated heterocycles. The summed E-state index contributed by atoms with van der Waals surface area (Å²) >= 11 is 0. The number of benzene rings is 1. The fraction of sp³-hybridized carbons (Fsp3) is 0.474. The van der Waals surface area contributed by atoms with Crippen LogP contribution >= 0.6 is 0 Å². The Morgan fingerprint density at radius 2 is 2.07 bits per heavy atom. The number of aromatic nitrogens is 2. The van der Waals surface area contributed by atoms with Gasteiger partial charge in [0, 0.05) is 51.5 Å². The van der Waals surface area contributed by atoms with Crippen LogP contribution in [0.5, 0.6) is 5.75 Å². The lowest BCUT2D eigenvalue weighted by atomic mass is 10.1. The van der Waals surface area contributed by atoms with Crippen LogP contribution in [0.2, 0.25) is 0 Å². The highest BCUT2D eigenvalue weighted by Crippen LogP contribution is 2.21. The molecule has 1 N–H and O–H groups in total. The molecule has 1 atom stereocenters. The van der Waals surface area contributed by atoms with E-state index in [0.717, 1.165) is 29.6 Å². The van der Waals surface area contributed by atoms with E-state index in [0.29, 0.717) is 18.7 Å². The number of ether oxygens (including phenoxy) is 1. The number of rotatable bonds is 6. The third-order valence-electron chi connectivity index (χ3n) is 5.04. The van der Waals surface area contributed by atoms with Gasteiger partial charge in [0.1, 0.15) is 0 Å². The number of aryl methyl sites for hydroxylation is 1. The quantitative estimate of drug-likeness (QED) is 0.800. The van der Waals surface area contributed by atoms with Gasteiger partial charge in [-0.05, 0) is 30.7 Å². The lowest BCUT2D eigenvalue weighted by molar-refractivity contribution is 0.188. The molecule has 1 aromatic heterocycles. The molecule has 8 heteroatoms. The van der Waals surface area contributed by atoms with Crippen LogP contribution in [0.25, 0.3) is 0 Å². The highest BCUT2D eigenvalue weighted by atomic mass is 19.1. The molecule has 0 bridgehead atoms. The molecular weight excluding hydrogens is 351 g/mol. The van der Waals surface area contributed by atoms with Gasteiger partial charge in [-0.3, -0.25) is 14.3 Å². The molecule has 0 spiro atoms. The SMILES string of the molecule is COc1ccc(CN(Cc2cn(C)c(=O)n(C)c2=O)[C@@H]2CCNC2)cc1F. The van der Waals surface area contributed by atoms with E-state index in [4.69, 9.17) is 4.74 Å². The summed E-state index contributed by atoms with van der Waals surface area (Å²) in [4.78, 5) is 26.6. The first-order valence-corrected chi connectivity index (χ1v) is 8.93. The van der Waals surface area contributed by atoms with Gasteiger partial charge in [-0.15, -0.1) is 0 Å². The van der Waals surface area contributed by atoms with Gasteiger partial charge in [-0.25, -0.2) is 9.18 Å². The Morgan fingerprint density at radius 1 is 1.30 bits per heavy atom. The van der Waals surface area contributed by atoms with Crippen LogP contribution in [-0.4, -0.2) is 40.3 Å². The Balaban J connectivity index is 1.90. The molecule has 0 unspecified atom stereocenters. The van der Waals surface area contributed by atoms with Gasteiger partial charge in [0.05, 0.1) is 7.11 Å². The van der Waals surface area contributed by atoms with E-state index in [9.17, 15) is 14.0 Å². The number of methoxy groups -OCH3 is 1. The van der Waals surface area contributed by atoms with E-state index in [1.54, 1.807) is 19.3 Å². The Morgan fingerprint density at radius 3 is 2.70 bits per heavy atom. The Labute approximate surface area is 157 Å². The molecule has 0 radical (unpaired) electrons. The maximum atomic E-state index is 14.1. The normalized spacial score (nSPS) is 16.9. The molecule has 1 aliphatic rings. The zero-order valence-electron chi connectivity index (χ0n) is 15.9. The van der Waals surface area contributed by atoms with Crippen molar-refractivity contribution in [1.82, 2.24) is 19.4 Å². The molecule has 1 aliphatic heterocycles. The summed E-state index contributed by atoms with van der Waals surface area (Å²) in [5.74, 6) is -0.197. The number of nitrogens with one attached hydrogen (secondary N) is 1. The average Bonchev–Trinajstić information content (AvgIpc) is 3.18. The molecule has 0 amide bonds. The highest BCUT2D eigenvalue weighted by molar-refractivity contribution is 5.29. The number of hydrogen-bond acceptors (Lipinski definition) is 5. The van der Waals surface area contributed by atoms with Gasteiger partial charge in [0.25, 0.3) is 5.56 Å².